The minimum Gasteiger partial charge on any atom is -0.320 e. The minimum atomic E-state index is -0.221. The van der Waals surface area contributed by atoms with Crippen molar-refractivity contribution in [1.29, 1.82) is 0 Å². The van der Waals surface area contributed by atoms with E-state index in [0.29, 0.717) is 22.3 Å². The van der Waals surface area contributed by atoms with Gasteiger partial charge < -0.3 is 5.32 Å². The molecule has 4 aromatic rings. The molecule has 0 aliphatic carbocycles. The number of fused-ring (bicyclic) bond motifs is 2. The number of carbonyl (C=O) groups is 1. The molecule has 0 aliphatic heterocycles. The van der Waals surface area contributed by atoms with Crippen LogP contribution in [0.4, 0.5) is 5.69 Å². The molecule has 6 nitrogen and oxygen atoms in total. The zero-order chi connectivity index (χ0) is 14.9. The van der Waals surface area contributed by atoms with Crippen molar-refractivity contribution in [3.8, 4) is 0 Å². The van der Waals surface area contributed by atoms with Crippen molar-refractivity contribution >= 4 is 33.5 Å². The maximum atomic E-state index is 12.4. The molecule has 1 N–H and O–H groups in total. The third-order valence-electron chi connectivity index (χ3n) is 3.40. The molecule has 0 atom stereocenters. The summed E-state index contributed by atoms with van der Waals surface area (Å²) in [7, 11) is 0. The fraction of sp³-hybridized carbons (Fsp3) is 0. The van der Waals surface area contributed by atoms with Crippen molar-refractivity contribution in [2.75, 3.05) is 5.32 Å². The first-order valence-electron chi connectivity index (χ1n) is 6.69. The van der Waals surface area contributed by atoms with Crippen LogP contribution < -0.4 is 5.32 Å². The van der Waals surface area contributed by atoms with Gasteiger partial charge in [0, 0.05) is 17.1 Å². The number of amides is 1. The van der Waals surface area contributed by atoms with Crippen LogP contribution in [0.5, 0.6) is 0 Å². The Morgan fingerprint density at radius 1 is 1.00 bits per heavy atom. The van der Waals surface area contributed by atoms with Crippen LogP contribution in [0.1, 0.15) is 10.4 Å². The van der Waals surface area contributed by atoms with E-state index in [1.54, 1.807) is 36.5 Å². The van der Waals surface area contributed by atoms with E-state index >= 15 is 0 Å². The first kappa shape index (κ1) is 12.5. The topological polar surface area (TPSA) is 80.9 Å². The molecule has 0 unspecified atom stereocenters. The molecule has 0 saturated heterocycles. The maximum Gasteiger partial charge on any atom is 0.255 e. The summed E-state index contributed by atoms with van der Waals surface area (Å²) < 4.78 is 4.69. The zero-order valence-electron chi connectivity index (χ0n) is 11.4. The molecule has 0 spiro atoms. The Hall–Kier alpha value is -3.28. The molecule has 22 heavy (non-hydrogen) atoms. The van der Waals surface area contributed by atoms with Crippen molar-refractivity contribution in [2.24, 2.45) is 0 Å². The first-order chi connectivity index (χ1) is 10.8. The van der Waals surface area contributed by atoms with Crippen LogP contribution in [0.2, 0.25) is 0 Å². The maximum absolute atomic E-state index is 12.4. The summed E-state index contributed by atoms with van der Waals surface area (Å²) in [5, 5.41) is 11.3. The molecule has 0 fully saturated rings. The van der Waals surface area contributed by atoms with E-state index < -0.39 is 0 Å². The van der Waals surface area contributed by atoms with Crippen molar-refractivity contribution in [3.05, 3.63) is 60.3 Å². The van der Waals surface area contributed by atoms with Crippen LogP contribution in [-0.4, -0.2) is 21.2 Å². The second-order valence-electron chi connectivity index (χ2n) is 4.80. The lowest BCUT2D eigenvalue weighted by Gasteiger charge is -2.06. The highest BCUT2D eigenvalue weighted by Gasteiger charge is 2.11. The molecule has 6 heteroatoms. The highest BCUT2D eigenvalue weighted by molar-refractivity contribution is 6.09. The highest BCUT2D eigenvalue weighted by atomic mass is 16.6. The predicted molar refractivity (Wildman–Crippen MR) is 81.5 cm³/mol. The molecular formula is C16H10N4O2. The van der Waals surface area contributed by atoms with Crippen molar-refractivity contribution in [2.45, 2.75) is 0 Å². The third kappa shape index (κ3) is 2.07. The number of hydrogen-bond acceptors (Lipinski definition) is 5. The van der Waals surface area contributed by atoms with Crippen LogP contribution in [0.15, 0.2) is 59.4 Å². The number of anilines is 1. The van der Waals surface area contributed by atoms with Gasteiger partial charge in [0.2, 0.25) is 0 Å². The van der Waals surface area contributed by atoms with Gasteiger partial charge in [-0.1, -0.05) is 12.1 Å². The Bertz CT molecular complexity index is 993. The predicted octanol–water partition coefficient (Wildman–Crippen LogP) is 3.02. The summed E-state index contributed by atoms with van der Waals surface area (Å²) >= 11 is 0. The molecule has 2 aromatic carbocycles. The average molecular weight is 290 g/mol. The first-order valence-corrected chi connectivity index (χ1v) is 6.69. The van der Waals surface area contributed by atoms with Crippen LogP contribution >= 0.6 is 0 Å². The van der Waals surface area contributed by atoms with Gasteiger partial charge in [0.05, 0.1) is 11.2 Å². The smallest absolute Gasteiger partial charge is 0.255 e. The Labute approximate surface area is 124 Å². The lowest BCUT2D eigenvalue weighted by atomic mass is 10.1. The summed E-state index contributed by atoms with van der Waals surface area (Å²) in [6.45, 7) is 0. The van der Waals surface area contributed by atoms with E-state index in [1.165, 1.54) is 0 Å². The van der Waals surface area contributed by atoms with Crippen LogP contribution in [-0.2, 0) is 0 Å². The minimum absolute atomic E-state index is 0.221. The van der Waals surface area contributed by atoms with Gasteiger partial charge in [-0.2, -0.15) is 0 Å². The number of pyridine rings is 1. The summed E-state index contributed by atoms with van der Waals surface area (Å²) in [6, 6.07) is 14.4. The molecule has 0 saturated carbocycles. The van der Waals surface area contributed by atoms with E-state index in [0.717, 1.165) is 10.9 Å². The Kier molecular flexibility index (Phi) is 2.79. The number of nitrogens with zero attached hydrogens (tertiary/aromatic N) is 3. The monoisotopic (exact) mass is 290 g/mol. The van der Waals surface area contributed by atoms with E-state index in [2.05, 4.69) is 20.6 Å². The number of aromatic nitrogens is 3. The number of carbonyl (C=O) groups excluding carboxylic acids is 1. The Morgan fingerprint density at radius 2 is 1.95 bits per heavy atom. The lowest BCUT2D eigenvalue weighted by molar-refractivity contribution is 0.102. The van der Waals surface area contributed by atoms with Gasteiger partial charge in [-0.25, -0.2) is 4.63 Å². The second kappa shape index (κ2) is 4.92. The van der Waals surface area contributed by atoms with Gasteiger partial charge in [0.25, 0.3) is 5.91 Å². The SMILES string of the molecule is O=C(Nc1cccc2nonc12)c1ccc2ncccc2c1. The molecule has 0 bridgehead atoms. The molecule has 0 aliphatic rings. The zero-order valence-corrected chi connectivity index (χ0v) is 11.4. The van der Waals surface area contributed by atoms with Gasteiger partial charge in [0.1, 0.15) is 5.52 Å². The number of benzene rings is 2. The summed E-state index contributed by atoms with van der Waals surface area (Å²) in [4.78, 5) is 16.7. The van der Waals surface area contributed by atoms with Crippen LogP contribution in [0.3, 0.4) is 0 Å². The molecule has 106 valence electrons. The largest absolute Gasteiger partial charge is 0.320 e. The molecule has 2 aromatic heterocycles. The standard InChI is InChI=1S/C16H10N4O2/c21-16(11-6-7-12-10(9-11)3-2-8-17-12)18-13-4-1-5-14-15(13)20-22-19-14/h1-9H,(H,18,21). The summed E-state index contributed by atoms with van der Waals surface area (Å²) in [6.07, 6.45) is 1.72. The normalized spacial score (nSPS) is 10.9. The molecule has 4 rings (SSSR count). The third-order valence-corrected chi connectivity index (χ3v) is 3.40. The van der Waals surface area contributed by atoms with Gasteiger partial charge in [-0.15, -0.1) is 0 Å². The molecule has 0 radical (unpaired) electrons. The molecule has 1 amide bonds. The summed E-state index contributed by atoms with van der Waals surface area (Å²) in [5.41, 5.74) is 3.09. The fourth-order valence-corrected chi connectivity index (χ4v) is 2.32. The lowest BCUT2D eigenvalue weighted by Crippen LogP contribution is -2.12. The average Bonchev–Trinajstić information content (AvgIpc) is 3.04. The second-order valence-corrected chi connectivity index (χ2v) is 4.80. The van der Waals surface area contributed by atoms with E-state index in [4.69, 9.17) is 4.63 Å². The number of rotatable bonds is 2. The number of hydrogen-bond donors (Lipinski definition) is 1. The summed E-state index contributed by atoms with van der Waals surface area (Å²) in [5.74, 6) is -0.221. The quantitative estimate of drug-likeness (QED) is 0.613. The van der Waals surface area contributed by atoms with Crippen LogP contribution in [0, 0.1) is 0 Å². The number of nitrogens with one attached hydrogen (secondary N) is 1. The van der Waals surface area contributed by atoms with Gasteiger partial charge in [-0.05, 0) is 46.7 Å². The van der Waals surface area contributed by atoms with E-state index in [9.17, 15) is 4.79 Å². The Balaban J connectivity index is 1.70. The van der Waals surface area contributed by atoms with Crippen molar-refractivity contribution in [1.82, 2.24) is 15.3 Å². The fourth-order valence-electron chi connectivity index (χ4n) is 2.32. The van der Waals surface area contributed by atoms with Gasteiger partial charge >= 0.3 is 0 Å². The van der Waals surface area contributed by atoms with E-state index in [1.807, 2.05) is 18.2 Å². The molecule has 2 heterocycles. The Morgan fingerprint density at radius 3 is 2.91 bits per heavy atom. The van der Waals surface area contributed by atoms with Crippen molar-refractivity contribution < 1.29 is 9.42 Å². The van der Waals surface area contributed by atoms with Crippen LogP contribution in [0.25, 0.3) is 21.9 Å². The van der Waals surface area contributed by atoms with Gasteiger partial charge in [0.15, 0.2) is 5.52 Å². The van der Waals surface area contributed by atoms with Crippen molar-refractivity contribution in [3.63, 3.8) is 0 Å². The van der Waals surface area contributed by atoms with Gasteiger partial charge in [-0.3, -0.25) is 9.78 Å². The highest BCUT2D eigenvalue weighted by Crippen LogP contribution is 2.21. The van der Waals surface area contributed by atoms with E-state index in [-0.39, 0.29) is 5.91 Å². The molecular weight excluding hydrogens is 280 g/mol.